The molecule has 2 aliphatic rings. The van der Waals surface area contributed by atoms with Gasteiger partial charge in [0.1, 0.15) is 46.9 Å². The molecule has 3 aromatic rings. The molecular weight excluding hydrogens is 685 g/mol. The molecule has 5 rings (SSSR count). The van der Waals surface area contributed by atoms with E-state index in [0.29, 0.717) is 42.5 Å². The smallest absolute Gasteiger partial charge is 0.346 e. The molecular formula is C39H34N4O2S4. The summed E-state index contributed by atoms with van der Waals surface area (Å²) in [6.07, 6.45) is 9.48. The van der Waals surface area contributed by atoms with Crippen molar-refractivity contribution in [3.63, 3.8) is 0 Å². The molecule has 10 heteroatoms. The molecule has 0 saturated carbocycles. The lowest BCUT2D eigenvalue weighted by Gasteiger charge is -2.11. The minimum atomic E-state index is -0.400. The number of rotatable bonds is 11. The van der Waals surface area contributed by atoms with Gasteiger partial charge in [-0.05, 0) is 65.8 Å². The number of ether oxygens (including phenoxy) is 1. The fraction of sp³-hybridized carbons (Fsp3) is 0.308. The summed E-state index contributed by atoms with van der Waals surface area (Å²) in [5.74, 6) is -0.400. The molecule has 0 amide bonds. The number of fused-ring (bicyclic) bond motifs is 2. The van der Waals surface area contributed by atoms with Crippen molar-refractivity contribution in [3.05, 3.63) is 86.6 Å². The van der Waals surface area contributed by atoms with E-state index in [-0.39, 0.29) is 17.8 Å². The van der Waals surface area contributed by atoms with Crippen LogP contribution in [0.3, 0.4) is 0 Å². The van der Waals surface area contributed by atoms with E-state index in [4.69, 9.17) is 4.74 Å². The second-order valence-electron chi connectivity index (χ2n) is 11.6. The molecule has 0 unspecified atom stereocenters. The molecule has 0 N–H and O–H groups in total. The van der Waals surface area contributed by atoms with Crippen molar-refractivity contribution in [2.45, 2.75) is 78.7 Å². The maximum atomic E-state index is 13.5. The van der Waals surface area contributed by atoms with Crippen LogP contribution >= 0.6 is 47.0 Å². The highest BCUT2D eigenvalue weighted by atomic mass is 32.2. The summed E-state index contributed by atoms with van der Waals surface area (Å²) >= 11 is 6.88. The van der Waals surface area contributed by atoms with E-state index < -0.39 is 5.97 Å². The minimum Gasteiger partial charge on any atom is -0.457 e. The second kappa shape index (κ2) is 17.1. The molecule has 3 aromatic carbocycles. The average Bonchev–Trinajstić information content (AvgIpc) is 3.72. The summed E-state index contributed by atoms with van der Waals surface area (Å²) in [6, 6.07) is 20.5. The largest absolute Gasteiger partial charge is 0.457 e. The van der Waals surface area contributed by atoms with Gasteiger partial charge in [0.15, 0.2) is 0 Å². The van der Waals surface area contributed by atoms with E-state index in [2.05, 4.69) is 13.8 Å². The van der Waals surface area contributed by atoms with Crippen molar-refractivity contribution in [3.8, 4) is 24.3 Å². The predicted octanol–water partition coefficient (Wildman–Crippen LogP) is 10.1. The Morgan fingerprint density at radius 3 is 1.71 bits per heavy atom. The first-order valence-corrected chi connectivity index (χ1v) is 19.5. The van der Waals surface area contributed by atoms with E-state index in [1.807, 2.05) is 54.7 Å². The summed E-state index contributed by atoms with van der Waals surface area (Å²) in [7, 11) is 0. The van der Waals surface area contributed by atoms with Crippen LogP contribution in [0.5, 0.6) is 0 Å². The van der Waals surface area contributed by atoms with E-state index in [1.54, 1.807) is 54.2 Å². The van der Waals surface area contributed by atoms with Crippen molar-refractivity contribution in [1.29, 1.82) is 21.0 Å². The summed E-state index contributed by atoms with van der Waals surface area (Å²) in [5, 5.41) is 42.5. The number of unbranched alkanes of at least 4 members (excludes halogenated alkanes) is 4. The Balaban J connectivity index is 1.42. The van der Waals surface area contributed by atoms with Gasteiger partial charge in [-0.1, -0.05) is 123 Å². The van der Waals surface area contributed by atoms with E-state index in [9.17, 15) is 25.8 Å². The minimum absolute atomic E-state index is 0.0278. The van der Waals surface area contributed by atoms with Gasteiger partial charge in [-0.3, -0.25) is 0 Å². The van der Waals surface area contributed by atoms with Gasteiger partial charge in [-0.15, -0.1) is 0 Å². The van der Waals surface area contributed by atoms with Crippen LogP contribution in [-0.4, -0.2) is 5.97 Å². The number of carbonyl (C=O) groups excluding carboxylic acids is 1. The topological polar surface area (TPSA) is 121 Å². The standard InChI is InChI=1S/C39H34N4O2S4/c1-4-6-8-14-32-33(15-9-7-5-2)48-39(47-32)38-46-24(3)36(49-38)37(44)45-23-25-16-17-30-31(18-25)35(27(21-42)22-43)29-13-11-10-12-28(29)34(30)26(19-40)20-41/h10-13,16-18H,4-9,14-15,23H2,1-3H3. The van der Waals surface area contributed by atoms with Gasteiger partial charge < -0.3 is 4.74 Å². The molecule has 2 heterocycles. The zero-order valence-electron chi connectivity index (χ0n) is 27.6. The third kappa shape index (κ3) is 7.91. The van der Waals surface area contributed by atoms with E-state index >= 15 is 0 Å². The zero-order chi connectivity index (χ0) is 34.9. The highest BCUT2D eigenvalue weighted by Gasteiger charge is 2.31. The molecule has 49 heavy (non-hydrogen) atoms. The van der Waals surface area contributed by atoms with Gasteiger partial charge in [-0.2, -0.15) is 21.0 Å². The SMILES string of the molecule is CCCCCC1=C(CCCCC)SC(=C2SC(C)=C(C(=O)OCc3ccc4c(=C(C#N)C#N)c5ccccc5c(=C(C#N)C#N)c4c3)S2)S1. The van der Waals surface area contributed by atoms with Crippen LogP contribution in [0.1, 0.15) is 77.7 Å². The summed E-state index contributed by atoms with van der Waals surface area (Å²) in [5.41, 5.74) is 0.499. The first-order chi connectivity index (χ1) is 23.9. The van der Waals surface area contributed by atoms with Crippen LogP contribution in [0.4, 0.5) is 0 Å². The molecule has 0 bridgehead atoms. The van der Waals surface area contributed by atoms with Crippen molar-refractivity contribution in [1.82, 2.24) is 0 Å². The van der Waals surface area contributed by atoms with Gasteiger partial charge in [0.2, 0.25) is 0 Å². The van der Waals surface area contributed by atoms with Gasteiger partial charge in [0.25, 0.3) is 0 Å². The van der Waals surface area contributed by atoms with Gasteiger partial charge in [-0.25, -0.2) is 4.79 Å². The third-order valence-corrected chi connectivity index (χ3v) is 14.2. The van der Waals surface area contributed by atoms with Crippen molar-refractivity contribution in [2.75, 3.05) is 0 Å². The Labute approximate surface area is 304 Å². The average molecular weight is 719 g/mol. The van der Waals surface area contributed by atoms with Crippen LogP contribution < -0.4 is 10.4 Å². The van der Waals surface area contributed by atoms with Gasteiger partial charge >= 0.3 is 5.97 Å². The fourth-order valence-corrected chi connectivity index (χ4v) is 11.6. The van der Waals surface area contributed by atoms with Crippen LogP contribution in [0.15, 0.2) is 70.6 Å². The number of hydrogen-bond acceptors (Lipinski definition) is 10. The molecule has 0 radical (unpaired) electrons. The molecule has 246 valence electrons. The van der Waals surface area contributed by atoms with Gasteiger partial charge in [0, 0.05) is 25.2 Å². The Hall–Kier alpha value is -4.03. The zero-order valence-corrected chi connectivity index (χ0v) is 30.9. The quantitative estimate of drug-likeness (QED) is 0.108. The molecule has 0 atom stereocenters. The second-order valence-corrected chi connectivity index (χ2v) is 16.6. The summed E-state index contributed by atoms with van der Waals surface area (Å²) in [6.45, 7) is 6.39. The number of allylic oxidation sites excluding steroid dienone is 3. The monoisotopic (exact) mass is 718 g/mol. The fourth-order valence-electron chi connectivity index (χ4n) is 5.88. The molecule has 0 fully saturated rings. The van der Waals surface area contributed by atoms with E-state index in [1.165, 1.54) is 64.3 Å². The summed E-state index contributed by atoms with van der Waals surface area (Å²) in [4.78, 5) is 17.9. The number of carbonyl (C=O) groups is 1. The van der Waals surface area contributed by atoms with Crippen LogP contribution in [0.25, 0.3) is 32.7 Å². The Morgan fingerprint density at radius 1 is 0.673 bits per heavy atom. The highest BCUT2D eigenvalue weighted by molar-refractivity contribution is 8.34. The van der Waals surface area contributed by atoms with Crippen molar-refractivity contribution in [2.24, 2.45) is 0 Å². The maximum Gasteiger partial charge on any atom is 0.346 e. The molecule has 0 aliphatic carbocycles. The lowest BCUT2D eigenvalue weighted by Crippen LogP contribution is -2.19. The normalized spacial score (nSPS) is 14.2. The number of nitriles is 4. The molecule has 0 saturated heterocycles. The highest BCUT2D eigenvalue weighted by Crippen LogP contribution is 2.61. The number of esters is 1. The number of hydrogen-bond donors (Lipinski definition) is 0. The van der Waals surface area contributed by atoms with E-state index in [0.717, 1.165) is 22.0 Å². The van der Waals surface area contributed by atoms with Crippen molar-refractivity contribution >= 4 is 85.7 Å². The third-order valence-electron chi connectivity index (χ3n) is 8.28. The number of benzene rings is 3. The Bertz CT molecular complexity index is 2190. The Kier molecular flexibility index (Phi) is 12.6. The molecule has 6 nitrogen and oxygen atoms in total. The predicted molar refractivity (Wildman–Crippen MR) is 205 cm³/mol. The lowest BCUT2D eigenvalue weighted by molar-refractivity contribution is -0.139. The number of thioether (sulfide) groups is 4. The van der Waals surface area contributed by atoms with Crippen LogP contribution in [0, 0.1) is 45.3 Å². The molecule has 0 spiro atoms. The lowest BCUT2D eigenvalue weighted by atomic mass is 9.93. The van der Waals surface area contributed by atoms with Crippen molar-refractivity contribution < 1.29 is 9.53 Å². The first kappa shape index (κ1) is 36.3. The van der Waals surface area contributed by atoms with Crippen LogP contribution in [-0.2, 0) is 16.1 Å². The first-order valence-electron chi connectivity index (χ1n) is 16.3. The number of nitrogens with zero attached hydrogens (tertiary/aromatic N) is 4. The summed E-state index contributed by atoms with van der Waals surface area (Å²) < 4.78 is 8.24. The van der Waals surface area contributed by atoms with Gasteiger partial charge in [0.05, 0.1) is 8.47 Å². The maximum absolute atomic E-state index is 13.5. The molecule has 0 aromatic heterocycles. The van der Waals surface area contributed by atoms with Crippen LogP contribution in [0.2, 0.25) is 0 Å². The Morgan fingerprint density at radius 2 is 1.18 bits per heavy atom. The molecule has 2 aliphatic heterocycles.